The quantitative estimate of drug-likeness (QED) is 0.864. The van der Waals surface area contributed by atoms with Crippen LogP contribution in [-0.4, -0.2) is 36.3 Å². The van der Waals surface area contributed by atoms with E-state index in [1.165, 1.54) is 17.8 Å². The minimum absolute atomic E-state index is 0.000157. The normalized spacial score (nSPS) is 11.4. The molecule has 0 amide bonds. The molecule has 1 aromatic heterocycles. The van der Waals surface area contributed by atoms with Gasteiger partial charge >= 0.3 is 5.97 Å². The number of aryl methyl sites for hydroxylation is 2. The number of anilines is 1. The first kappa shape index (κ1) is 16.0. The van der Waals surface area contributed by atoms with E-state index >= 15 is 0 Å². The monoisotopic (exact) mass is 323 g/mol. The molecule has 1 N–H and O–H groups in total. The maximum absolute atomic E-state index is 12.5. The van der Waals surface area contributed by atoms with Gasteiger partial charge in [0.25, 0.3) is 10.0 Å². The van der Waals surface area contributed by atoms with Crippen molar-refractivity contribution in [2.45, 2.75) is 17.9 Å². The van der Waals surface area contributed by atoms with Gasteiger partial charge in [0, 0.05) is 26.7 Å². The van der Waals surface area contributed by atoms with Crippen LogP contribution in [0.5, 0.6) is 0 Å². The molecule has 0 saturated heterocycles. The molecule has 0 aliphatic carbocycles. The number of carboxylic acid groups (broad SMARTS) is 1. The van der Waals surface area contributed by atoms with Crippen LogP contribution in [0.2, 0.25) is 0 Å². The summed E-state index contributed by atoms with van der Waals surface area (Å²) >= 11 is 0. The van der Waals surface area contributed by atoms with Gasteiger partial charge in [-0.15, -0.1) is 0 Å². The molecular weight excluding hydrogens is 306 g/mol. The Hall–Kier alpha value is -2.35. The molecular formula is C14H17N3O4S. The largest absolute Gasteiger partial charge is 0.481 e. The summed E-state index contributed by atoms with van der Waals surface area (Å²) in [6.07, 6.45) is 1.91. The minimum atomic E-state index is -3.73. The zero-order valence-corrected chi connectivity index (χ0v) is 13.1. The molecule has 118 valence electrons. The topological polar surface area (TPSA) is 92.5 Å². The predicted octanol–water partition coefficient (Wildman–Crippen LogP) is 1.26. The molecule has 22 heavy (non-hydrogen) atoms. The van der Waals surface area contributed by atoms with Gasteiger partial charge in [0.05, 0.1) is 5.69 Å². The molecule has 0 bridgehead atoms. The van der Waals surface area contributed by atoms with Crippen molar-refractivity contribution in [1.29, 1.82) is 0 Å². The number of benzene rings is 1. The van der Waals surface area contributed by atoms with E-state index in [1.54, 1.807) is 37.5 Å². The van der Waals surface area contributed by atoms with Crippen LogP contribution in [-0.2, 0) is 28.3 Å². The first-order valence-corrected chi connectivity index (χ1v) is 8.04. The highest BCUT2D eigenvalue weighted by Gasteiger charge is 2.23. The molecule has 0 saturated carbocycles. The van der Waals surface area contributed by atoms with Crippen LogP contribution in [0.15, 0.2) is 41.6 Å². The Morgan fingerprint density at radius 3 is 2.68 bits per heavy atom. The van der Waals surface area contributed by atoms with E-state index in [4.69, 9.17) is 5.11 Å². The Morgan fingerprint density at radius 1 is 1.36 bits per heavy atom. The molecule has 0 fully saturated rings. The predicted molar refractivity (Wildman–Crippen MR) is 81.2 cm³/mol. The Labute approximate surface area is 128 Å². The van der Waals surface area contributed by atoms with Gasteiger partial charge in [-0.3, -0.25) is 13.8 Å². The van der Waals surface area contributed by atoms with E-state index in [-0.39, 0.29) is 11.4 Å². The lowest BCUT2D eigenvalue weighted by Gasteiger charge is -2.18. The van der Waals surface area contributed by atoms with E-state index in [1.807, 2.05) is 0 Å². The molecule has 7 nitrogen and oxygen atoms in total. The van der Waals surface area contributed by atoms with E-state index < -0.39 is 16.0 Å². The molecule has 0 atom stereocenters. The molecule has 0 aliphatic heterocycles. The molecule has 0 unspecified atom stereocenters. The lowest BCUT2D eigenvalue weighted by atomic mass is 10.1. The van der Waals surface area contributed by atoms with Crippen molar-refractivity contribution in [3.05, 3.63) is 42.1 Å². The lowest BCUT2D eigenvalue weighted by Crippen LogP contribution is -2.27. The van der Waals surface area contributed by atoms with Crippen molar-refractivity contribution < 1.29 is 18.3 Å². The number of hydrogen-bond donors (Lipinski definition) is 1. The van der Waals surface area contributed by atoms with Gasteiger partial charge in [0.1, 0.15) is 0 Å². The zero-order chi connectivity index (χ0) is 16.3. The summed E-state index contributed by atoms with van der Waals surface area (Å²) < 4.78 is 27.5. The maximum atomic E-state index is 12.5. The summed E-state index contributed by atoms with van der Waals surface area (Å²) in [5, 5.41) is 12.6. The van der Waals surface area contributed by atoms with Crippen molar-refractivity contribution in [1.82, 2.24) is 9.78 Å². The summed E-state index contributed by atoms with van der Waals surface area (Å²) in [6, 6.07) is 8.24. The number of rotatable bonds is 6. The Kier molecular flexibility index (Phi) is 4.51. The first-order valence-electron chi connectivity index (χ1n) is 6.60. The van der Waals surface area contributed by atoms with Crippen LogP contribution >= 0.6 is 0 Å². The highest BCUT2D eigenvalue weighted by molar-refractivity contribution is 7.92. The molecule has 8 heteroatoms. The lowest BCUT2D eigenvalue weighted by molar-refractivity contribution is -0.136. The van der Waals surface area contributed by atoms with Crippen molar-refractivity contribution in [2.24, 2.45) is 7.05 Å². The van der Waals surface area contributed by atoms with Crippen LogP contribution in [0, 0.1) is 0 Å². The summed E-state index contributed by atoms with van der Waals surface area (Å²) in [5.74, 6) is -0.889. The number of nitrogens with zero attached hydrogens (tertiary/aromatic N) is 3. The second kappa shape index (κ2) is 6.18. The smallest absolute Gasteiger partial charge is 0.303 e. The Balaban J connectivity index is 2.27. The van der Waals surface area contributed by atoms with Crippen LogP contribution in [0.3, 0.4) is 0 Å². The Morgan fingerprint density at radius 2 is 2.09 bits per heavy atom. The molecule has 1 aromatic carbocycles. The highest BCUT2D eigenvalue weighted by atomic mass is 32.2. The molecule has 0 aliphatic rings. The number of carboxylic acids is 1. The summed E-state index contributed by atoms with van der Waals surface area (Å²) in [5.41, 5.74) is 1.23. The third kappa shape index (κ3) is 3.45. The third-order valence-corrected chi connectivity index (χ3v) is 4.89. The fourth-order valence-corrected chi connectivity index (χ4v) is 3.11. The second-order valence-corrected chi connectivity index (χ2v) is 6.78. The van der Waals surface area contributed by atoms with Gasteiger partial charge in [-0.2, -0.15) is 13.5 Å². The van der Waals surface area contributed by atoms with E-state index in [0.717, 1.165) is 9.87 Å². The van der Waals surface area contributed by atoms with Crippen LogP contribution in [0.1, 0.15) is 12.0 Å². The molecule has 2 aromatic rings. The van der Waals surface area contributed by atoms with E-state index in [0.29, 0.717) is 12.1 Å². The van der Waals surface area contributed by atoms with E-state index in [2.05, 4.69) is 5.10 Å². The number of sulfonamides is 1. The molecule has 0 radical (unpaired) electrons. The van der Waals surface area contributed by atoms with Crippen molar-refractivity contribution in [3.63, 3.8) is 0 Å². The third-order valence-electron chi connectivity index (χ3n) is 3.22. The summed E-state index contributed by atoms with van der Waals surface area (Å²) in [7, 11) is -0.645. The SMILES string of the molecule is CN(c1cccc(CCC(=O)O)c1)S(=O)(=O)c1ccn(C)n1. The maximum Gasteiger partial charge on any atom is 0.303 e. The summed E-state index contributed by atoms with van der Waals surface area (Å²) in [6.45, 7) is 0. The average Bonchev–Trinajstić information content (AvgIpc) is 2.92. The second-order valence-electron chi connectivity index (χ2n) is 4.86. The van der Waals surface area contributed by atoms with Crippen LogP contribution in [0.4, 0.5) is 5.69 Å². The van der Waals surface area contributed by atoms with Gasteiger partial charge in [0.15, 0.2) is 5.03 Å². The fraction of sp³-hybridized carbons (Fsp3) is 0.286. The standard InChI is InChI=1S/C14H17N3O4S/c1-16-9-8-13(15-16)22(20,21)17(2)12-5-3-4-11(10-12)6-7-14(18)19/h3-5,8-10H,6-7H2,1-2H3,(H,18,19). The fourth-order valence-electron chi connectivity index (χ4n) is 1.97. The number of hydrogen-bond acceptors (Lipinski definition) is 4. The minimum Gasteiger partial charge on any atom is -0.481 e. The number of carbonyl (C=O) groups is 1. The molecule has 1 heterocycles. The van der Waals surface area contributed by atoms with Crippen molar-refractivity contribution in [3.8, 4) is 0 Å². The zero-order valence-electron chi connectivity index (χ0n) is 12.3. The van der Waals surface area contributed by atoms with Gasteiger partial charge < -0.3 is 5.11 Å². The Bertz CT molecular complexity index is 783. The number of aromatic nitrogens is 2. The molecule has 0 spiro atoms. The average molecular weight is 323 g/mol. The van der Waals surface area contributed by atoms with E-state index in [9.17, 15) is 13.2 Å². The van der Waals surface area contributed by atoms with Gasteiger partial charge in [-0.25, -0.2) is 0 Å². The van der Waals surface area contributed by atoms with Crippen molar-refractivity contribution >= 4 is 21.7 Å². The highest BCUT2D eigenvalue weighted by Crippen LogP contribution is 2.22. The van der Waals surface area contributed by atoms with Gasteiger partial charge in [-0.1, -0.05) is 12.1 Å². The van der Waals surface area contributed by atoms with Crippen LogP contribution < -0.4 is 4.31 Å². The van der Waals surface area contributed by atoms with Crippen molar-refractivity contribution in [2.75, 3.05) is 11.4 Å². The van der Waals surface area contributed by atoms with Crippen LogP contribution in [0.25, 0.3) is 0 Å². The van der Waals surface area contributed by atoms with Gasteiger partial charge in [-0.05, 0) is 30.2 Å². The number of aliphatic carboxylic acids is 1. The summed E-state index contributed by atoms with van der Waals surface area (Å²) in [4.78, 5) is 10.6. The molecule has 2 rings (SSSR count). The first-order chi connectivity index (χ1) is 10.3. The van der Waals surface area contributed by atoms with Gasteiger partial charge in [0.2, 0.25) is 0 Å².